The average Bonchev–Trinajstić information content (AvgIpc) is 3.41. The number of anilines is 1. The van der Waals surface area contributed by atoms with Crippen molar-refractivity contribution in [1.29, 1.82) is 0 Å². The number of ether oxygens (including phenoxy) is 1. The number of aromatic nitrogens is 3. The quantitative estimate of drug-likeness (QED) is 0.594. The van der Waals surface area contributed by atoms with Gasteiger partial charge < -0.3 is 15.4 Å². The first-order valence-corrected chi connectivity index (χ1v) is 11.0. The summed E-state index contributed by atoms with van der Waals surface area (Å²) < 4.78 is 7.38. The van der Waals surface area contributed by atoms with Gasteiger partial charge in [-0.1, -0.05) is 12.1 Å². The number of aryl methyl sites for hydroxylation is 3. The summed E-state index contributed by atoms with van der Waals surface area (Å²) in [6.07, 6.45) is 2.86. The van der Waals surface area contributed by atoms with Crippen LogP contribution < -0.4 is 10.6 Å². The Morgan fingerprint density at radius 1 is 1.22 bits per heavy atom. The van der Waals surface area contributed by atoms with Gasteiger partial charge >= 0.3 is 0 Å². The van der Waals surface area contributed by atoms with Gasteiger partial charge in [0.25, 0.3) is 5.91 Å². The molecule has 1 unspecified atom stereocenters. The number of rotatable bonds is 7. The summed E-state index contributed by atoms with van der Waals surface area (Å²) in [7, 11) is 0. The zero-order valence-electron chi connectivity index (χ0n) is 18.8. The molecule has 4 rings (SSSR count). The maximum Gasteiger partial charge on any atom is 0.253 e. The highest BCUT2D eigenvalue weighted by molar-refractivity contribution is 6.03. The zero-order valence-corrected chi connectivity index (χ0v) is 18.8. The summed E-state index contributed by atoms with van der Waals surface area (Å²) in [6, 6.07) is 8.99. The molecule has 1 saturated heterocycles. The van der Waals surface area contributed by atoms with Gasteiger partial charge in [0.1, 0.15) is 0 Å². The summed E-state index contributed by atoms with van der Waals surface area (Å²) in [5.41, 5.74) is 5.57. The minimum atomic E-state index is -0.216. The van der Waals surface area contributed by atoms with Crippen molar-refractivity contribution >= 4 is 23.1 Å². The van der Waals surface area contributed by atoms with Gasteiger partial charge in [-0.2, -0.15) is 5.10 Å². The normalized spacial score (nSPS) is 15.8. The van der Waals surface area contributed by atoms with Crippen LogP contribution >= 0.6 is 0 Å². The number of benzene rings is 1. The van der Waals surface area contributed by atoms with Crippen LogP contribution in [0.5, 0.6) is 0 Å². The third-order valence-corrected chi connectivity index (χ3v) is 5.85. The van der Waals surface area contributed by atoms with Crippen LogP contribution in [0, 0.1) is 20.8 Å². The second kappa shape index (κ2) is 9.48. The highest BCUT2D eigenvalue weighted by Gasteiger charge is 2.19. The smallest absolute Gasteiger partial charge is 0.253 e. The van der Waals surface area contributed by atoms with E-state index in [9.17, 15) is 9.59 Å². The predicted octanol–water partition coefficient (Wildman–Crippen LogP) is 3.13. The van der Waals surface area contributed by atoms with Crippen LogP contribution in [0.3, 0.4) is 0 Å². The number of amides is 2. The Kier molecular flexibility index (Phi) is 6.50. The van der Waals surface area contributed by atoms with Crippen LogP contribution in [0.4, 0.5) is 5.69 Å². The lowest BCUT2D eigenvalue weighted by Crippen LogP contribution is -2.32. The lowest BCUT2D eigenvalue weighted by molar-refractivity contribution is -0.116. The van der Waals surface area contributed by atoms with E-state index in [0.29, 0.717) is 24.2 Å². The van der Waals surface area contributed by atoms with E-state index in [4.69, 9.17) is 4.74 Å². The van der Waals surface area contributed by atoms with Gasteiger partial charge in [0.2, 0.25) is 5.91 Å². The monoisotopic (exact) mass is 435 g/mol. The first-order valence-electron chi connectivity index (χ1n) is 11.0. The van der Waals surface area contributed by atoms with Gasteiger partial charge in [-0.15, -0.1) is 0 Å². The Morgan fingerprint density at radius 2 is 2.03 bits per heavy atom. The van der Waals surface area contributed by atoms with Gasteiger partial charge in [-0.05, 0) is 57.7 Å². The molecule has 32 heavy (non-hydrogen) atoms. The molecule has 2 amide bonds. The third-order valence-electron chi connectivity index (χ3n) is 5.85. The Morgan fingerprint density at radius 3 is 2.81 bits per heavy atom. The van der Waals surface area contributed by atoms with Crippen molar-refractivity contribution in [2.75, 3.05) is 18.5 Å². The summed E-state index contributed by atoms with van der Waals surface area (Å²) >= 11 is 0. The molecule has 168 valence electrons. The van der Waals surface area contributed by atoms with E-state index < -0.39 is 0 Å². The van der Waals surface area contributed by atoms with Crippen LogP contribution in [0.15, 0.2) is 30.3 Å². The Balaban J connectivity index is 1.40. The molecule has 0 radical (unpaired) electrons. The Bertz CT molecular complexity index is 1150. The molecular weight excluding hydrogens is 406 g/mol. The van der Waals surface area contributed by atoms with Crippen LogP contribution in [0.2, 0.25) is 0 Å². The first-order chi connectivity index (χ1) is 15.4. The molecule has 8 nitrogen and oxygen atoms in total. The molecule has 0 bridgehead atoms. The zero-order chi connectivity index (χ0) is 22.7. The van der Waals surface area contributed by atoms with Gasteiger partial charge in [0.05, 0.1) is 23.0 Å². The van der Waals surface area contributed by atoms with E-state index in [1.807, 2.05) is 31.4 Å². The molecule has 1 aliphatic rings. The third kappa shape index (κ3) is 4.80. The van der Waals surface area contributed by atoms with Crippen molar-refractivity contribution in [3.8, 4) is 0 Å². The SMILES string of the molecule is Cc1cc2nc(C)c(CCC(=O)Nc3ccccc3C(=O)NCC3CCCO3)c(C)n2n1. The largest absolute Gasteiger partial charge is 0.376 e. The number of nitrogens with zero attached hydrogens (tertiary/aromatic N) is 3. The maximum absolute atomic E-state index is 12.7. The number of hydrogen-bond donors (Lipinski definition) is 2. The predicted molar refractivity (Wildman–Crippen MR) is 122 cm³/mol. The van der Waals surface area contributed by atoms with E-state index in [1.165, 1.54) is 0 Å². The summed E-state index contributed by atoms with van der Waals surface area (Å²) in [5, 5.41) is 10.3. The summed E-state index contributed by atoms with van der Waals surface area (Å²) in [4.78, 5) is 30.0. The van der Waals surface area contributed by atoms with Gasteiger partial charge in [0.15, 0.2) is 5.65 Å². The van der Waals surface area contributed by atoms with Gasteiger partial charge in [-0.25, -0.2) is 9.50 Å². The van der Waals surface area contributed by atoms with E-state index >= 15 is 0 Å². The molecule has 0 spiro atoms. The summed E-state index contributed by atoms with van der Waals surface area (Å²) in [6.45, 7) is 7.10. The lowest BCUT2D eigenvalue weighted by Gasteiger charge is -2.14. The number of carbonyl (C=O) groups excluding carboxylic acids is 2. The second-order valence-electron chi connectivity index (χ2n) is 8.26. The standard InChI is InChI=1S/C24H29N5O3/c1-15-13-22-26-16(2)19(17(3)29(22)28-15)10-11-23(30)27-21-9-5-4-8-20(21)24(31)25-14-18-7-6-12-32-18/h4-5,8-9,13,18H,6-7,10-12,14H2,1-3H3,(H,25,31)(H,27,30). The van der Waals surface area contributed by atoms with E-state index in [2.05, 4.69) is 20.7 Å². The van der Waals surface area contributed by atoms with E-state index in [0.717, 1.165) is 47.7 Å². The topological polar surface area (TPSA) is 97.6 Å². The molecule has 1 fully saturated rings. The maximum atomic E-state index is 12.7. The Hall–Kier alpha value is -3.26. The fourth-order valence-corrected chi connectivity index (χ4v) is 4.15. The van der Waals surface area contributed by atoms with Crippen molar-refractivity contribution in [3.63, 3.8) is 0 Å². The van der Waals surface area contributed by atoms with Gasteiger partial charge in [-0.3, -0.25) is 9.59 Å². The molecule has 8 heteroatoms. The van der Waals surface area contributed by atoms with E-state index in [1.54, 1.807) is 24.3 Å². The number of para-hydroxylation sites is 1. The highest BCUT2D eigenvalue weighted by atomic mass is 16.5. The fourth-order valence-electron chi connectivity index (χ4n) is 4.15. The van der Waals surface area contributed by atoms with Crippen molar-refractivity contribution in [2.45, 2.75) is 52.6 Å². The minimum Gasteiger partial charge on any atom is -0.376 e. The molecule has 3 aromatic rings. The van der Waals surface area contributed by atoms with Crippen molar-refractivity contribution < 1.29 is 14.3 Å². The van der Waals surface area contributed by atoms with Crippen LogP contribution in [0.1, 0.15) is 52.3 Å². The molecule has 3 heterocycles. The molecule has 1 aliphatic heterocycles. The second-order valence-corrected chi connectivity index (χ2v) is 8.26. The van der Waals surface area contributed by atoms with Crippen molar-refractivity contribution in [2.24, 2.45) is 0 Å². The average molecular weight is 436 g/mol. The first kappa shape index (κ1) is 22.0. The van der Waals surface area contributed by atoms with Crippen LogP contribution in [0.25, 0.3) is 5.65 Å². The van der Waals surface area contributed by atoms with Crippen molar-refractivity contribution in [3.05, 3.63) is 58.5 Å². The summed E-state index contributed by atoms with van der Waals surface area (Å²) in [5.74, 6) is -0.369. The molecule has 2 N–H and O–H groups in total. The van der Waals surface area contributed by atoms with Crippen LogP contribution in [-0.2, 0) is 16.0 Å². The highest BCUT2D eigenvalue weighted by Crippen LogP contribution is 2.19. The minimum absolute atomic E-state index is 0.0664. The van der Waals surface area contributed by atoms with Gasteiger partial charge in [0, 0.05) is 37.0 Å². The number of carbonyl (C=O) groups is 2. The molecule has 0 aliphatic carbocycles. The fraction of sp³-hybridized carbons (Fsp3) is 0.417. The Labute approximate surface area is 187 Å². The number of hydrogen-bond acceptors (Lipinski definition) is 5. The molecule has 1 atom stereocenters. The molecular formula is C24H29N5O3. The van der Waals surface area contributed by atoms with Crippen LogP contribution in [-0.4, -0.2) is 45.7 Å². The van der Waals surface area contributed by atoms with Crippen molar-refractivity contribution in [1.82, 2.24) is 19.9 Å². The number of fused-ring (bicyclic) bond motifs is 1. The molecule has 2 aromatic heterocycles. The molecule has 1 aromatic carbocycles. The van der Waals surface area contributed by atoms with E-state index in [-0.39, 0.29) is 24.3 Å². The molecule has 0 saturated carbocycles. The lowest BCUT2D eigenvalue weighted by atomic mass is 10.1. The number of nitrogens with one attached hydrogen (secondary N) is 2.